The highest BCUT2D eigenvalue weighted by molar-refractivity contribution is 7.89. The summed E-state index contributed by atoms with van der Waals surface area (Å²) in [6.07, 6.45) is 4.17. The van der Waals surface area contributed by atoms with Crippen LogP contribution in [-0.2, 0) is 15.6 Å². The van der Waals surface area contributed by atoms with Gasteiger partial charge in [-0.3, -0.25) is 0 Å². The van der Waals surface area contributed by atoms with Crippen LogP contribution in [0, 0.1) is 0 Å². The average molecular weight is 371 g/mol. The van der Waals surface area contributed by atoms with Crippen LogP contribution in [-0.4, -0.2) is 25.1 Å². The van der Waals surface area contributed by atoms with Crippen molar-refractivity contribution in [3.63, 3.8) is 0 Å². The molecule has 7 nitrogen and oxygen atoms in total. The number of hydrogen-bond donors (Lipinski definition) is 2. The fourth-order valence-corrected chi connectivity index (χ4v) is 3.42. The largest absolute Gasteiger partial charge is 0.334 e. The number of benzene rings is 1. The predicted octanol–water partition coefficient (Wildman–Crippen LogP) is 1.96. The summed E-state index contributed by atoms with van der Waals surface area (Å²) in [4.78, 5) is 4.45. The zero-order chi connectivity index (χ0) is 16.5. The van der Waals surface area contributed by atoms with E-state index < -0.39 is 15.6 Å². The predicted molar refractivity (Wildman–Crippen MR) is 92.1 cm³/mol. The van der Waals surface area contributed by atoms with Gasteiger partial charge in [0.25, 0.3) is 5.89 Å². The average Bonchev–Trinajstić information content (AvgIpc) is 3.01. The molecule has 1 heterocycles. The Kier molecular flexibility index (Phi) is 5.44. The second-order valence-electron chi connectivity index (χ2n) is 5.60. The molecule has 1 aromatic carbocycles. The van der Waals surface area contributed by atoms with Gasteiger partial charge in [0, 0.05) is 12.1 Å². The molecule has 1 saturated carbocycles. The molecule has 1 aromatic heterocycles. The maximum Gasteiger partial charge on any atom is 0.258 e. The summed E-state index contributed by atoms with van der Waals surface area (Å²) in [6.45, 7) is 3.65. The molecule has 9 heteroatoms. The van der Waals surface area contributed by atoms with E-state index in [4.69, 9.17) is 10.3 Å². The van der Waals surface area contributed by atoms with Crippen LogP contribution in [0.2, 0.25) is 0 Å². The molecule has 3 rings (SSSR count). The van der Waals surface area contributed by atoms with E-state index in [1.165, 1.54) is 18.2 Å². The molecular formula is C15H19ClN4O3S. The quantitative estimate of drug-likeness (QED) is 0.752. The summed E-state index contributed by atoms with van der Waals surface area (Å²) in [5, 5.41) is 3.94. The van der Waals surface area contributed by atoms with Gasteiger partial charge in [-0.2, -0.15) is 4.98 Å². The van der Waals surface area contributed by atoms with Gasteiger partial charge in [0.2, 0.25) is 10.0 Å². The Labute approximate surface area is 146 Å². The molecule has 1 aliphatic carbocycles. The standard InChI is InChI=1S/C15H18N4O3S.ClH/c1-2-9-17-23(20,21)12-6-3-5-11(10-12)13-18-14(19-22-13)15(16)7-4-8-15;/h2-3,5-6,10,17H,1,4,7-9,16H2;1H. The second kappa shape index (κ2) is 7.02. The molecule has 0 spiro atoms. The summed E-state index contributed by atoms with van der Waals surface area (Å²) < 4.78 is 32.0. The zero-order valence-corrected chi connectivity index (χ0v) is 14.6. The Hall–Kier alpha value is -1.74. The van der Waals surface area contributed by atoms with Crippen LogP contribution in [0.5, 0.6) is 0 Å². The molecule has 0 saturated heterocycles. The molecule has 0 atom stereocenters. The number of aromatic nitrogens is 2. The first-order valence-corrected chi connectivity index (χ1v) is 8.77. The molecule has 2 aromatic rings. The van der Waals surface area contributed by atoms with Crippen LogP contribution in [0.1, 0.15) is 25.1 Å². The van der Waals surface area contributed by atoms with E-state index in [9.17, 15) is 8.42 Å². The number of sulfonamides is 1. The molecule has 1 aliphatic rings. The van der Waals surface area contributed by atoms with Crippen LogP contribution in [0.4, 0.5) is 0 Å². The Morgan fingerprint density at radius 3 is 2.79 bits per heavy atom. The molecule has 130 valence electrons. The van der Waals surface area contributed by atoms with Gasteiger partial charge < -0.3 is 10.3 Å². The van der Waals surface area contributed by atoms with Crippen molar-refractivity contribution in [3.8, 4) is 11.5 Å². The first kappa shape index (κ1) is 18.6. The molecular weight excluding hydrogens is 352 g/mol. The topological polar surface area (TPSA) is 111 Å². The fourth-order valence-electron chi connectivity index (χ4n) is 2.37. The maximum absolute atomic E-state index is 12.1. The minimum atomic E-state index is -3.60. The third-order valence-corrected chi connectivity index (χ3v) is 5.35. The summed E-state index contributed by atoms with van der Waals surface area (Å²) in [6, 6.07) is 6.34. The van der Waals surface area contributed by atoms with E-state index in [2.05, 4.69) is 21.4 Å². The van der Waals surface area contributed by atoms with Crippen molar-refractivity contribution in [3.05, 3.63) is 42.7 Å². The van der Waals surface area contributed by atoms with E-state index in [1.807, 2.05) is 0 Å². The number of hydrogen-bond acceptors (Lipinski definition) is 6. The molecule has 0 aliphatic heterocycles. The summed E-state index contributed by atoms with van der Waals surface area (Å²) in [7, 11) is -3.60. The highest BCUT2D eigenvalue weighted by Gasteiger charge is 2.39. The van der Waals surface area contributed by atoms with E-state index in [0.29, 0.717) is 11.4 Å². The van der Waals surface area contributed by atoms with E-state index in [-0.39, 0.29) is 29.7 Å². The van der Waals surface area contributed by atoms with Crippen molar-refractivity contribution in [2.45, 2.75) is 29.7 Å². The van der Waals surface area contributed by atoms with Gasteiger partial charge in [0.1, 0.15) is 0 Å². The molecule has 0 bridgehead atoms. The summed E-state index contributed by atoms with van der Waals surface area (Å²) in [5.74, 6) is 0.731. The van der Waals surface area contributed by atoms with Gasteiger partial charge in [-0.1, -0.05) is 17.3 Å². The summed E-state index contributed by atoms with van der Waals surface area (Å²) >= 11 is 0. The third-order valence-electron chi connectivity index (χ3n) is 3.93. The van der Waals surface area contributed by atoms with E-state index in [0.717, 1.165) is 19.3 Å². The molecule has 0 unspecified atom stereocenters. The van der Waals surface area contributed by atoms with Crippen molar-refractivity contribution in [1.82, 2.24) is 14.9 Å². The number of halogens is 1. The highest BCUT2D eigenvalue weighted by Crippen LogP contribution is 2.37. The molecule has 0 radical (unpaired) electrons. The number of nitrogens with two attached hydrogens (primary N) is 1. The van der Waals surface area contributed by atoms with E-state index in [1.54, 1.807) is 12.1 Å². The van der Waals surface area contributed by atoms with Crippen molar-refractivity contribution >= 4 is 22.4 Å². The van der Waals surface area contributed by atoms with Crippen LogP contribution < -0.4 is 10.5 Å². The Morgan fingerprint density at radius 2 is 2.17 bits per heavy atom. The maximum atomic E-state index is 12.1. The van der Waals surface area contributed by atoms with Crippen molar-refractivity contribution < 1.29 is 12.9 Å². The van der Waals surface area contributed by atoms with Crippen molar-refractivity contribution in [1.29, 1.82) is 0 Å². The third kappa shape index (κ3) is 3.51. The smallest absolute Gasteiger partial charge is 0.258 e. The van der Waals surface area contributed by atoms with Gasteiger partial charge in [-0.15, -0.1) is 19.0 Å². The first-order chi connectivity index (χ1) is 10.9. The lowest BCUT2D eigenvalue weighted by atomic mass is 9.77. The lowest BCUT2D eigenvalue weighted by Crippen LogP contribution is -2.44. The molecule has 3 N–H and O–H groups in total. The second-order valence-corrected chi connectivity index (χ2v) is 7.37. The highest BCUT2D eigenvalue weighted by atomic mass is 35.5. The zero-order valence-electron chi connectivity index (χ0n) is 12.9. The monoisotopic (exact) mass is 370 g/mol. The molecule has 24 heavy (non-hydrogen) atoms. The lowest BCUT2D eigenvalue weighted by molar-refractivity contribution is 0.229. The first-order valence-electron chi connectivity index (χ1n) is 7.29. The number of nitrogens with one attached hydrogen (secondary N) is 1. The Morgan fingerprint density at radius 1 is 1.42 bits per heavy atom. The van der Waals surface area contributed by atoms with Gasteiger partial charge >= 0.3 is 0 Å². The van der Waals surface area contributed by atoms with Crippen LogP contribution in [0.15, 0.2) is 46.3 Å². The Balaban J connectivity index is 0.00000208. The minimum absolute atomic E-state index is 0. The van der Waals surface area contributed by atoms with Gasteiger partial charge in [-0.05, 0) is 37.5 Å². The van der Waals surface area contributed by atoms with Crippen LogP contribution >= 0.6 is 12.4 Å². The summed E-state index contributed by atoms with van der Waals surface area (Å²) in [5.41, 5.74) is 6.19. The SMILES string of the molecule is C=CCNS(=O)(=O)c1cccc(-c2nc(C3(N)CCC3)no2)c1.Cl. The van der Waals surface area contributed by atoms with Crippen molar-refractivity contribution in [2.24, 2.45) is 5.73 Å². The van der Waals surface area contributed by atoms with E-state index >= 15 is 0 Å². The van der Waals surface area contributed by atoms with Crippen molar-refractivity contribution in [2.75, 3.05) is 6.54 Å². The minimum Gasteiger partial charge on any atom is -0.334 e. The molecule has 1 fully saturated rings. The molecule has 0 amide bonds. The van der Waals surface area contributed by atoms with Crippen LogP contribution in [0.25, 0.3) is 11.5 Å². The number of nitrogens with zero attached hydrogens (tertiary/aromatic N) is 2. The van der Waals surface area contributed by atoms with Gasteiger partial charge in [0.05, 0.1) is 10.4 Å². The lowest BCUT2D eigenvalue weighted by Gasteiger charge is -2.34. The Bertz CT molecular complexity index is 831. The fraction of sp³-hybridized carbons (Fsp3) is 0.333. The van der Waals surface area contributed by atoms with Gasteiger partial charge in [-0.25, -0.2) is 13.1 Å². The number of rotatable bonds is 6. The normalized spacial score (nSPS) is 16.0. The van der Waals surface area contributed by atoms with Gasteiger partial charge in [0.15, 0.2) is 5.82 Å². The van der Waals surface area contributed by atoms with Crippen LogP contribution in [0.3, 0.4) is 0 Å².